The summed E-state index contributed by atoms with van der Waals surface area (Å²) in [4.78, 5) is 13.5. The van der Waals surface area contributed by atoms with E-state index in [-0.39, 0.29) is 17.4 Å². The van der Waals surface area contributed by atoms with Gasteiger partial charge in [-0.15, -0.1) is 0 Å². The molecule has 2 N–H and O–H groups in total. The van der Waals surface area contributed by atoms with Gasteiger partial charge in [-0.05, 0) is 18.3 Å². The summed E-state index contributed by atoms with van der Waals surface area (Å²) in [5.74, 6) is 0.0977. The molecule has 0 radical (unpaired) electrons. The maximum absolute atomic E-state index is 11.6. The first-order valence-electron chi connectivity index (χ1n) is 5.49. The molecule has 0 aromatic carbocycles. The third-order valence-electron chi connectivity index (χ3n) is 2.94. The Labute approximate surface area is 91.8 Å². The quantitative estimate of drug-likeness (QED) is 0.729. The second kappa shape index (κ2) is 4.94. The molecular formula is C11H22N2O2. The van der Waals surface area contributed by atoms with Gasteiger partial charge >= 0.3 is 0 Å². The van der Waals surface area contributed by atoms with Gasteiger partial charge in [0.2, 0.25) is 5.91 Å². The summed E-state index contributed by atoms with van der Waals surface area (Å²) in [7, 11) is 1.70. The van der Waals surface area contributed by atoms with Crippen molar-refractivity contribution in [2.45, 2.75) is 32.7 Å². The van der Waals surface area contributed by atoms with Crippen molar-refractivity contribution in [2.24, 2.45) is 11.1 Å². The summed E-state index contributed by atoms with van der Waals surface area (Å²) in [5, 5.41) is 0. The number of hydrogen-bond donors (Lipinski definition) is 1. The van der Waals surface area contributed by atoms with Crippen LogP contribution in [-0.2, 0) is 9.53 Å². The molecule has 1 unspecified atom stereocenters. The molecule has 88 valence electrons. The Balaban J connectivity index is 2.43. The van der Waals surface area contributed by atoms with Crippen LogP contribution >= 0.6 is 0 Å². The Morgan fingerprint density at radius 1 is 1.60 bits per heavy atom. The molecule has 0 spiro atoms. The van der Waals surface area contributed by atoms with Crippen molar-refractivity contribution < 1.29 is 9.53 Å². The molecular weight excluding hydrogens is 192 g/mol. The van der Waals surface area contributed by atoms with E-state index in [4.69, 9.17) is 10.5 Å². The molecule has 1 amide bonds. The van der Waals surface area contributed by atoms with Gasteiger partial charge < -0.3 is 15.4 Å². The number of rotatable bonds is 5. The first-order chi connectivity index (χ1) is 6.96. The van der Waals surface area contributed by atoms with Crippen molar-refractivity contribution in [3.05, 3.63) is 0 Å². The van der Waals surface area contributed by atoms with Crippen molar-refractivity contribution in [1.82, 2.24) is 4.90 Å². The number of carbonyl (C=O) groups is 1. The number of nitrogens with two attached hydrogens (primary N) is 1. The molecule has 1 aliphatic rings. The Kier molecular flexibility index (Phi) is 4.11. The third kappa shape index (κ3) is 3.47. The maximum atomic E-state index is 11.6. The predicted octanol–water partition coefficient (Wildman–Crippen LogP) is 0.609. The van der Waals surface area contributed by atoms with Gasteiger partial charge in [-0.2, -0.15) is 0 Å². The Morgan fingerprint density at radius 2 is 2.27 bits per heavy atom. The van der Waals surface area contributed by atoms with E-state index >= 15 is 0 Å². The van der Waals surface area contributed by atoms with Gasteiger partial charge in [-0.1, -0.05) is 13.8 Å². The lowest BCUT2D eigenvalue weighted by atomic mass is 9.89. The number of amides is 1. The van der Waals surface area contributed by atoms with Crippen LogP contribution in [0.4, 0.5) is 0 Å². The highest BCUT2D eigenvalue weighted by atomic mass is 16.5. The van der Waals surface area contributed by atoms with E-state index < -0.39 is 0 Å². The normalized spacial score (nSPS) is 22.5. The van der Waals surface area contributed by atoms with E-state index in [9.17, 15) is 4.79 Å². The monoisotopic (exact) mass is 214 g/mol. The van der Waals surface area contributed by atoms with Gasteiger partial charge in [0.15, 0.2) is 0 Å². The summed E-state index contributed by atoms with van der Waals surface area (Å²) >= 11 is 0. The van der Waals surface area contributed by atoms with Crippen LogP contribution in [0.15, 0.2) is 0 Å². The summed E-state index contributed by atoms with van der Waals surface area (Å²) in [6.45, 7) is 6.63. The van der Waals surface area contributed by atoms with Crippen molar-refractivity contribution in [1.29, 1.82) is 0 Å². The van der Waals surface area contributed by atoms with E-state index in [1.165, 1.54) is 0 Å². The predicted molar refractivity (Wildman–Crippen MR) is 59.4 cm³/mol. The maximum Gasteiger partial charge on any atom is 0.239 e. The minimum atomic E-state index is -0.275. The van der Waals surface area contributed by atoms with Crippen molar-refractivity contribution >= 4 is 5.91 Å². The zero-order valence-corrected chi connectivity index (χ0v) is 9.95. The highest BCUT2D eigenvalue weighted by molar-refractivity contribution is 5.83. The molecule has 1 heterocycles. The number of nitrogens with zero attached hydrogens (tertiary/aromatic N) is 1. The van der Waals surface area contributed by atoms with E-state index in [1.807, 2.05) is 4.90 Å². The molecule has 1 atom stereocenters. The largest absolute Gasteiger partial charge is 0.385 e. The van der Waals surface area contributed by atoms with Crippen LogP contribution in [0, 0.1) is 5.41 Å². The molecule has 15 heavy (non-hydrogen) atoms. The molecule has 0 aromatic heterocycles. The fourth-order valence-electron chi connectivity index (χ4n) is 1.89. The van der Waals surface area contributed by atoms with Gasteiger partial charge in [0.1, 0.15) is 0 Å². The lowest BCUT2D eigenvalue weighted by molar-refractivity contribution is -0.130. The molecule has 1 aliphatic heterocycles. The fourth-order valence-corrected chi connectivity index (χ4v) is 1.89. The average molecular weight is 214 g/mol. The van der Waals surface area contributed by atoms with Crippen molar-refractivity contribution in [2.75, 3.05) is 26.8 Å². The van der Waals surface area contributed by atoms with Crippen LogP contribution in [0.1, 0.15) is 26.7 Å². The molecule has 4 nitrogen and oxygen atoms in total. The van der Waals surface area contributed by atoms with Gasteiger partial charge in [0, 0.05) is 26.8 Å². The summed E-state index contributed by atoms with van der Waals surface area (Å²) in [6, 6.07) is -0.275. The summed E-state index contributed by atoms with van der Waals surface area (Å²) in [5.41, 5.74) is 5.78. The van der Waals surface area contributed by atoms with E-state index in [1.54, 1.807) is 7.11 Å². The molecule has 1 saturated heterocycles. The minimum Gasteiger partial charge on any atom is -0.385 e. The number of methoxy groups -OCH3 is 1. The highest BCUT2D eigenvalue weighted by Gasteiger charge is 2.32. The Bertz CT molecular complexity index is 229. The van der Waals surface area contributed by atoms with E-state index in [0.717, 1.165) is 32.5 Å². The molecule has 0 aromatic rings. The van der Waals surface area contributed by atoms with E-state index in [0.29, 0.717) is 0 Å². The number of likely N-dealkylation sites (tertiary alicyclic amines) is 1. The van der Waals surface area contributed by atoms with Crippen LogP contribution in [0.2, 0.25) is 0 Å². The molecule has 4 heteroatoms. The van der Waals surface area contributed by atoms with Crippen LogP contribution in [0.25, 0.3) is 0 Å². The first kappa shape index (κ1) is 12.5. The zero-order valence-electron chi connectivity index (χ0n) is 9.95. The summed E-state index contributed by atoms with van der Waals surface area (Å²) in [6.07, 6.45) is 1.75. The average Bonchev–Trinajstić information content (AvgIpc) is 2.46. The molecule has 0 bridgehead atoms. The van der Waals surface area contributed by atoms with Crippen LogP contribution < -0.4 is 5.73 Å². The van der Waals surface area contributed by atoms with Crippen LogP contribution in [0.5, 0.6) is 0 Å². The number of hydrogen-bond acceptors (Lipinski definition) is 3. The van der Waals surface area contributed by atoms with Crippen molar-refractivity contribution in [3.8, 4) is 0 Å². The molecule has 1 rings (SSSR count). The van der Waals surface area contributed by atoms with Crippen molar-refractivity contribution in [3.63, 3.8) is 0 Å². The Hall–Kier alpha value is -0.610. The lowest BCUT2D eigenvalue weighted by Crippen LogP contribution is -2.39. The SMILES string of the molecule is COCCC(C)(C)CN1CCC(N)C1=O. The number of ether oxygens (including phenoxy) is 1. The molecule has 0 saturated carbocycles. The standard InChI is InChI=1S/C11H22N2O2/c1-11(2,5-7-15-3)8-13-6-4-9(12)10(13)14/h9H,4-8,12H2,1-3H3. The van der Waals surface area contributed by atoms with Gasteiger partial charge in [-0.3, -0.25) is 4.79 Å². The van der Waals surface area contributed by atoms with Crippen LogP contribution in [0.3, 0.4) is 0 Å². The lowest BCUT2D eigenvalue weighted by Gasteiger charge is -2.30. The highest BCUT2D eigenvalue weighted by Crippen LogP contribution is 2.24. The smallest absolute Gasteiger partial charge is 0.239 e. The van der Waals surface area contributed by atoms with Gasteiger partial charge in [-0.25, -0.2) is 0 Å². The zero-order chi connectivity index (χ0) is 11.5. The Morgan fingerprint density at radius 3 is 2.73 bits per heavy atom. The topological polar surface area (TPSA) is 55.6 Å². The minimum absolute atomic E-state index is 0.0977. The fraction of sp³-hybridized carbons (Fsp3) is 0.909. The first-order valence-corrected chi connectivity index (χ1v) is 5.49. The second-order valence-corrected chi connectivity index (χ2v) is 5.06. The molecule has 0 aliphatic carbocycles. The second-order valence-electron chi connectivity index (χ2n) is 5.06. The van der Waals surface area contributed by atoms with E-state index in [2.05, 4.69) is 13.8 Å². The van der Waals surface area contributed by atoms with Gasteiger partial charge in [0.05, 0.1) is 6.04 Å². The molecule has 1 fully saturated rings. The summed E-state index contributed by atoms with van der Waals surface area (Å²) < 4.78 is 5.06. The number of carbonyl (C=O) groups excluding carboxylic acids is 1. The third-order valence-corrected chi connectivity index (χ3v) is 2.94. The van der Waals surface area contributed by atoms with Crippen LogP contribution in [-0.4, -0.2) is 43.7 Å². The van der Waals surface area contributed by atoms with Gasteiger partial charge in [0.25, 0.3) is 0 Å².